The quantitative estimate of drug-likeness (QED) is 0.712. The van der Waals surface area contributed by atoms with Gasteiger partial charge in [0.25, 0.3) is 0 Å². The van der Waals surface area contributed by atoms with Crippen molar-refractivity contribution in [2.75, 3.05) is 23.4 Å². The SMILES string of the molecule is CCc1ccc(C(C)NC(=O)CN(c2ccc3c(c2)OCO3)S(=O)(=O)CC)cc1. The third-order valence-corrected chi connectivity index (χ3v) is 6.64. The van der Waals surface area contributed by atoms with Gasteiger partial charge in [-0.2, -0.15) is 0 Å². The second-order valence-corrected chi connectivity index (χ2v) is 9.01. The van der Waals surface area contributed by atoms with E-state index in [9.17, 15) is 13.2 Å². The summed E-state index contributed by atoms with van der Waals surface area (Å²) >= 11 is 0. The van der Waals surface area contributed by atoms with Gasteiger partial charge >= 0.3 is 0 Å². The maximum Gasteiger partial charge on any atom is 0.241 e. The molecule has 3 rings (SSSR count). The number of amides is 1. The highest BCUT2D eigenvalue weighted by Crippen LogP contribution is 2.36. The van der Waals surface area contributed by atoms with E-state index in [0.29, 0.717) is 17.2 Å². The fourth-order valence-corrected chi connectivity index (χ4v) is 4.15. The minimum Gasteiger partial charge on any atom is -0.454 e. The van der Waals surface area contributed by atoms with Gasteiger partial charge in [-0.1, -0.05) is 31.2 Å². The predicted octanol–water partition coefficient (Wildman–Crippen LogP) is 3.01. The summed E-state index contributed by atoms with van der Waals surface area (Å²) in [5.74, 6) is 0.509. The molecule has 1 amide bonds. The molecular weight excluding hydrogens is 392 g/mol. The van der Waals surface area contributed by atoms with Crippen LogP contribution in [0.4, 0.5) is 5.69 Å². The normalized spacial score (nSPS) is 13.8. The Morgan fingerprint density at radius 3 is 2.45 bits per heavy atom. The summed E-state index contributed by atoms with van der Waals surface area (Å²) in [6.45, 7) is 5.28. The fourth-order valence-electron chi connectivity index (χ4n) is 3.09. The number of sulfonamides is 1. The molecule has 0 radical (unpaired) electrons. The lowest BCUT2D eigenvalue weighted by Crippen LogP contribution is -2.42. The fraction of sp³-hybridized carbons (Fsp3) is 0.381. The Morgan fingerprint density at radius 2 is 1.79 bits per heavy atom. The molecule has 0 aliphatic carbocycles. The van der Waals surface area contributed by atoms with E-state index in [0.717, 1.165) is 16.3 Å². The summed E-state index contributed by atoms with van der Waals surface area (Å²) in [5, 5.41) is 2.88. The van der Waals surface area contributed by atoms with Gasteiger partial charge in [-0.25, -0.2) is 8.42 Å². The zero-order valence-corrected chi connectivity index (χ0v) is 17.7. The number of anilines is 1. The zero-order valence-electron chi connectivity index (χ0n) is 16.8. The van der Waals surface area contributed by atoms with Crippen molar-refractivity contribution < 1.29 is 22.7 Å². The minimum absolute atomic E-state index is 0.0914. The van der Waals surface area contributed by atoms with Crippen LogP contribution >= 0.6 is 0 Å². The second kappa shape index (κ2) is 8.73. The number of hydrogen-bond donors (Lipinski definition) is 1. The number of carbonyl (C=O) groups excluding carboxylic acids is 1. The number of hydrogen-bond acceptors (Lipinski definition) is 5. The summed E-state index contributed by atoms with van der Waals surface area (Å²) in [4.78, 5) is 12.7. The molecule has 0 spiro atoms. The van der Waals surface area contributed by atoms with E-state index in [-0.39, 0.29) is 31.0 Å². The lowest BCUT2D eigenvalue weighted by molar-refractivity contribution is -0.120. The molecule has 1 atom stereocenters. The molecular formula is C21H26N2O5S. The van der Waals surface area contributed by atoms with Crippen molar-refractivity contribution in [2.45, 2.75) is 33.2 Å². The van der Waals surface area contributed by atoms with E-state index in [4.69, 9.17) is 9.47 Å². The van der Waals surface area contributed by atoms with Crippen molar-refractivity contribution in [3.8, 4) is 11.5 Å². The zero-order chi connectivity index (χ0) is 21.0. The van der Waals surface area contributed by atoms with Gasteiger partial charge in [0.05, 0.1) is 17.5 Å². The van der Waals surface area contributed by atoms with Crippen LogP contribution in [0.15, 0.2) is 42.5 Å². The van der Waals surface area contributed by atoms with Gasteiger partial charge in [0.2, 0.25) is 22.7 Å². The monoisotopic (exact) mass is 418 g/mol. The molecule has 0 saturated heterocycles. The Kier molecular flexibility index (Phi) is 6.32. The van der Waals surface area contributed by atoms with Gasteiger partial charge in [-0.15, -0.1) is 0 Å². The maximum atomic E-state index is 12.7. The Morgan fingerprint density at radius 1 is 1.10 bits per heavy atom. The highest BCUT2D eigenvalue weighted by atomic mass is 32.2. The smallest absolute Gasteiger partial charge is 0.241 e. The first-order valence-corrected chi connectivity index (χ1v) is 11.2. The summed E-state index contributed by atoms with van der Waals surface area (Å²) in [5.41, 5.74) is 2.55. The molecule has 1 heterocycles. The van der Waals surface area contributed by atoms with Crippen LogP contribution in [0.1, 0.15) is 37.9 Å². The lowest BCUT2D eigenvalue weighted by atomic mass is 10.1. The van der Waals surface area contributed by atoms with Gasteiger partial charge in [-0.3, -0.25) is 9.10 Å². The molecule has 0 bridgehead atoms. The van der Waals surface area contributed by atoms with Crippen LogP contribution < -0.4 is 19.1 Å². The van der Waals surface area contributed by atoms with Crippen LogP contribution in [0.5, 0.6) is 11.5 Å². The van der Waals surface area contributed by atoms with Crippen LogP contribution in [-0.2, 0) is 21.2 Å². The van der Waals surface area contributed by atoms with Crippen molar-refractivity contribution in [2.24, 2.45) is 0 Å². The largest absolute Gasteiger partial charge is 0.454 e. The molecule has 1 N–H and O–H groups in total. The van der Waals surface area contributed by atoms with E-state index in [1.54, 1.807) is 25.1 Å². The number of rotatable bonds is 8. The number of nitrogens with one attached hydrogen (secondary N) is 1. The van der Waals surface area contributed by atoms with Crippen molar-refractivity contribution >= 4 is 21.6 Å². The van der Waals surface area contributed by atoms with Gasteiger partial charge in [0.1, 0.15) is 6.54 Å². The number of fused-ring (bicyclic) bond motifs is 1. The highest BCUT2D eigenvalue weighted by molar-refractivity contribution is 7.92. The molecule has 1 aliphatic heterocycles. The molecule has 0 saturated carbocycles. The average Bonchev–Trinajstić information content (AvgIpc) is 3.19. The Bertz CT molecular complexity index is 973. The molecule has 7 nitrogen and oxygen atoms in total. The van der Waals surface area contributed by atoms with E-state index in [1.165, 1.54) is 5.56 Å². The summed E-state index contributed by atoms with van der Waals surface area (Å²) in [6.07, 6.45) is 0.945. The lowest BCUT2D eigenvalue weighted by Gasteiger charge is -2.24. The Balaban J connectivity index is 1.76. The molecule has 29 heavy (non-hydrogen) atoms. The molecule has 1 aliphatic rings. The van der Waals surface area contributed by atoms with Crippen LogP contribution in [0, 0.1) is 0 Å². The summed E-state index contributed by atoms with van der Waals surface area (Å²) < 4.78 is 37.0. The Hall–Kier alpha value is -2.74. The number of carbonyl (C=O) groups is 1. The van der Waals surface area contributed by atoms with E-state index in [2.05, 4.69) is 12.2 Å². The Labute approximate surface area is 171 Å². The molecule has 2 aromatic rings. The van der Waals surface area contributed by atoms with E-state index < -0.39 is 10.0 Å². The summed E-state index contributed by atoms with van der Waals surface area (Å²) in [7, 11) is -3.66. The first-order valence-electron chi connectivity index (χ1n) is 9.62. The highest BCUT2D eigenvalue weighted by Gasteiger charge is 2.26. The van der Waals surface area contributed by atoms with Gasteiger partial charge in [-0.05, 0) is 43.5 Å². The van der Waals surface area contributed by atoms with E-state index in [1.807, 2.05) is 31.2 Å². The van der Waals surface area contributed by atoms with Gasteiger partial charge in [0.15, 0.2) is 11.5 Å². The predicted molar refractivity (Wildman–Crippen MR) is 112 cm³/mol. The number of nitrogens with zero attached hydrogens (tertiary/aromatic N) is 1. The second-order valence-electron chi connectivity index (χ2n) is 6.83. The average molecular weight is 419 g/mol. The molecule has 1 unspecified atom stereocenters. The number of ether oxygens (including phenoxy) is 2. The third-order valence-electron chi connectivity index (χ3n) is 4.90. The number of aryl methyl sites for hydroxylation is 1. The van der Waals surface area contributed by atoms with Crippen molar-refractivity contribution in [3.63, 3.8) is 0 Å². The maximum absolute atomic E-state index is 12.7. The third kappa shape index (κ3) is 4.82. The topological polar surface area (TPSA) is 84.9 Å². The van der Waals surface area contributed by atoms with Crippen LogP contribution in [-0.4, -0.2) is 33.4 Å². The molecule has 156 valence electrons. The summed E-state index contributed by atoms with van der Waals surface area (Å²) in [6, 6.07) is 12.6. The van der Waals surface area contributed by atoms with E-state index >= 15 is 0 Å². The molecule has 0 aromatic heterocycles. The van der Waals surface area contributed by atoms with Crippen LogP contribution in [0.3, 0.4) is 0 Å². The van der Waals surface area contributed by atoms with Crippen molar-refractivity contribution in [1.29, 1.82) is 0 Å². The standard InChI is InChI=1S/C21H26N2O5S/c1-4-16-6-8-17(9-7-16)15(3)22-21(24)13-23(29(25,26)5-2)18-10-11-19-20(12-18)28-14-27-19/h6-12,15H,4-5,13-14H2,1-3H3,(H,22,24). The number of benzene rings is 2. The van der Waals surface area contributed by atoms with Gasteiger partial charge in [0, 0.05) is 6.07 Å². The van der Waals surface area contributed by atoms with Crippen LogP contribution in [0.2, 0.25) is 0 Å². The van der Waals surface area contributed by atoms with Crippen molar-refractivity contribution in [3.05, 3.63) is 53.6 Å². The molecule has 2 aromatic carbocycles. The molecule has 8 heteroatoms. The van der Waals surface area contributed by atoms with Crippen molar-refractivity contribution in [1.82, 2.24) is 5.32 Å². The van der Waals surface area contributed by atoms with Gasteiger partial charge < -0.3 is 14.8 Å². The molecule has 0 fully saturated rings. The first kappa shape index (κ1) is 21.0. The first-order chi connectivity index (χ1) is 13.8. The van der Waals surface area contributed by atoms with Crippen LogP contribution in [0.25, 0.3) is 0 Å². The minimum atomic E-state index is -3.66.